The first-order valence-electron chi connectivity index (χ1n) is 3.44. The molecule has 1 aromatic heterocycles. The maximum absolute atomic E-state index is 12.8. The molecule has 0 aliphatic carbocycles. The standard InChI is InChI=1S/C7H3F4NO3/c8-4-1-3(6(13)14)2-12-5(4)15-7(9,10)11/h1-2H,(H,13,14). The first-order valence-corrected chi connectivity index (χ1v) is 3.44. The van der Waals surface area contributed by atoms with Crippen molar-refractivity contribution in [3.8, 4) is 5.88 Å². The van der Waals surface area contributed by atoms with E-state index in [1.807, 2.05) is 0 Å². The predicted octanol–water partition coefficient (Wildman–Crippen LogP) is 1.82. The van der Waals surface area contributed by atoms with E-state index in [0.29, 0.717) is 12.3 Å². The Morgan fingerprint density at radius 1 is 1.47 bits per heavy atom. The Morgan fingerprint density at radius 2 is 2.07 bits per heavy atom. The molecule has 1 rings (SSSR count). The van der Waals surface area contributed by atoms with Crippen molar-refractivity contribution in [1.82, 2.24) is 4.98 Å². The van der Waals surface area contributed by atoms with Crippen molar-refractivity contribution in [3.05, 3.63) is 23.6 Å². The lowest BCUT2D eigenvalue weighted by Crippen LogP contribution is -2.19. The maximum atomic E-state index is 12.8. The van der Waals surface area contributed by atoms with Crippen molar-refractivity contribution >= 4 is 5.97 Å². The van der Waals surface area contributed by atoms with Crippen LogP contribution < -0.4 is 4.74 Å². The lowest BCUT2D eigenvalue weighted by molar-refractivity contribution is -0.277. The largest absolute Gasteiger partial charge is 0.574 e. The zero-order chi connectivity index (χ0) is 11.6. The van der Waals surface area contributed by atoms with Crippen LogP contribution in [0, 0.1) is 5.82 Å². The van der Waals surface area contributed by atoms with E-state index in [-0.39, 0.29) is 0 Å². The number of aromatic nitrogens is 1. The molecule has 82 valence electrons. The molecule has 4 nitrogen and oxygen atoms in total. The van der Waals surface area contributed by atoms with Crippen LogP contribution in [0.1, 0.15) is 10.4 Å². The summed E-state index contributed by atoms with van der Waals surface area (Å²) in [5.41, 5.74) is -0.568. The van der Waals surface area contributed by atoms with Crippen LogP contribution in [-0.2, 0) is 0 Å². The van der Waals surface area contributed by atoms with Crippen molar-refractivity contribution < 1.29 is 32.2 Å². The van der Waals surface area contributed by atoms with Crippen molar-refractivity contribution in [2.75, 3.05) is 0 Å². The number of halogens is 4. The lowest BCUT2D eigenvalue weighted by Gasteiger charge is -2.08. The monoisotopic (exact) mass is 225 g/mol. The fourth-order valence-corrected chi connectivity index (χ4v) is 0.727. The number of carbonyl (C=O) groups is 1. The summed E-state index contributed by atoms with van der Waals surface area (Å²) in [6.07, 6.45) is -4.51. The van der Waals surface area contributed by atoms with Gasteiger partial charge in [0.1, 0.15) is 0 Å². The Morgan fingerprint density at radius 3 is 2.47 bits per heavy atom. The van der Waals surface area contributed by atoms with Crippen LogP contribution in [-0.4, -0.2) is 22.4 Å². The third kappa shape index (κ3) is 3.08. The minimum atomic E-state index is -5.07. The topological polar surface area (TPSA) is 59.4 Å². The molecule has 8 heteroatoms. The molecule has 1 aromatic rings. The zero-order valence-corrected chi connectivity index (χ0v) is 6.88. The summed E-state index contributed by atoms with van der Waals surface area (Å²) in [5.74, 6) is -4.31. The van der Waals surface area contributed by atoms with Crippen LogP contribution in [0.15, 0.2) is 12.3 Å². The second-order valence-corrected chi connectivity index (χ2v) is 2.36. The second kappa shape index (κ2) is 3.71. The van der Waals surface area contributed by atoms with Crippen LogP contribution >= 0.6 is 0 Å². The molecule has 0 aliphatic rings. The Balaban J connectivity index is 2.99. The zero-order valence-electron chi connectivity index (χ0n) is 6.88. The number of aromatic carboxylic acids is 1. The number of carboxylic acids is 1. The average molecular weight is 225 g/mol. The molecule has 0 radical (unpaired) electrons. The van der Waals surface area contributed by atoms with E-state index < -0.39 is 29.6 Å². The maximum Gasteiger partial charge on any atom is 0.574 e. The van der Waals surface area contributed by atoms with Crippen LogP contribution in [0.25, 0.3) is 0 Å². The first-order chi connectivity index (χ1) is 6.79. The van der Waals surface area contributed by atoms with Gasteiger partial charge in [-0.05, 0) is 6.07 Å². The lowest BCUT2D eigenvalue weighted by atomic mass is 10.3. The number of hydrogen-bond acceptors (Lipinski definition) is 3. The molecule has 0 bridgehead atoms. The van der Waals surface area contributed by atoms with E-state index in [9.17, 15) is 22.4 Å². The third-order valence-corrected chi connectivity index (χ3v) is 1.27. The second-order valence-electron chi connectivity index (χ2n) is 2.36. The van der Waals surface area contributed by atoms with E-state index in [1.54, 1.807) is 0 Å². The molecule has 1 heterocycles. The van der Waals surface area contributed by atoms with Gasteiger partial charge in [-0.2, -0.15) is 0 Å². The number of alkyl halides is 3. The van der Waals surface area contributed by atoms with E-state index in [0.717, 1.165) is 0 Å². The van der Waals surface area contributed by atoms with Gasteiger partial charge in [0, 0.05) is 6.20 Å². The van der Waals surface area contributed by atoms with E-state index in [4.69, 9.17) is 5.11 Å². The molecule has 0 aromatic carbocycles. The fraction of sp³-hybridized carbons (Fsp3) is 0.143. The number of nitrogens with zero attached hydrogens (tertiary/aromatic N) is 1. The average Bonchev–Trinajstić information content (AvgIpc) is 2.05. The molecule has 0 fully saturated rings. The molecular weight excluding hydrogens is 222 g/mol. The van der Waals surface area contributed by atoms with Crippen molar-refractivity contribution in [2.45, 2.75) is 6.36 Å². The van der Waals surface area contributed by atoms with E-state index >= 15 is 0 Å². The highest BCUT2D eigenvalue weighted by molar-refractivity contribution is 5.87. The quantitative estimate of drug-likeness (QED) is 0.780. The van der Waals surface area contributed by atoms with Gasteiger partial charge in [-0.1, -0.05) is 0 Å². The highest BCUT2D eigenvalue weighted by Gasteiger charge is 2.33. The summed E-state index contributed by atoms with van der Waals surface area (Å²) in [6.45, 7) is 0. The van der Waals surface area contributed by atoms with Gasteiger partial charge in [0.05, 0.1) is 5.56 Å². The number of hydrogen-bond donors (Lipinski definition) is 1. The first kappa shape index (κ1) is 11.2. The van der Waals surface area contributed by atoms with Gasteiger partial charge in [-0.15, -0.1) is 13.2 Å². The van der Waals surface area contributed by atoms with Gasteiger partial charge in [-0.25, -0.2) is 14.2 Å². The summed E-state index contributed by atoms with van der Waals surface area (Å²) in [4.78, 5) is 13.2. The highest BCUT2D eigenvalue weighted by atomic mass is 19.4. The highest BCUT2D eigenvalue weighted by Crippen LogP contribution is 2.23. The number of carboxylic acid groups (broad SMARTS) is 1. The summed E-state index contributed by atoms with van der Waals surface area (Å²) in [5, 5.41) is 8.36. The summed E-state index contributed by atoms with van der Waals surface area (Å²) >= 11 is 0. The molecule has 1 N–H and O–H groups in total. The number of rotatable bonds is 2. The number of ether oxygens (including phenoxy) is 1. The third-order valence-electron chi connectivity index (χ3n) is 1.27. The van der Waals surface area contributed by atoms with Gasteiger partial charge >= 0.3 is 12.3 Å². The van der Waals surface area contributed by atoms with Crippen LogP contribution in [0.2, 0.25) is 0 Å². The molecule has 0 aliphatic heterocycles. The van der Waals surface area contributed by atoms with E-state index in [2.05, 4.69) is 9.72 Å². The smallest absolute Gasteiger partial charge is 0.478 e. The van der Waals surface area contributed by atoms with Crippen LogP contribution in [0.5, 0.6) is 5.88 Å². The minimum absolute atomic E-state index is 0.385. The molecule has 15 heavy (non-hydrogen) atoms. The van der Waals surface area contributed by atoms with Gasteiger partial charge in [0.15, 0.2) is 5.82 Å². The molecular formula is C7H3F4NO3. The summed E-state index contributed by atoms with van der Waals surface area (Å²) in [7, 11) is 0. The van der Waals surface area contributed by atoms with Gasteiger partial charge in [-0.3, -0.25) is 0 Å². The Bertz CT molecular complexity index is 390. The van der Waals surface area contributed by atoms with Crippen molar-refractivity contribution in [3.63, 3.8) is 0 Å². The van der Waals surface area contributed by atoms with Gasteiger partial charge in [0.2, 0.25) is 0 Å². The normalized spacial score (nSPS) is 11.2. The molecule has 0 amide bonds. The number of pyridine rings is 1. The fourth-order valence-electron chi connectivity index (χ4n) is 0.727. The SMILES string of the molecule is O=C(O)c1cnc(OC(F)(F)F)c(F)c1. The Hall–Kier alpha value is -1.86. The predicted molar refractivity (Wildman–Crippen MR) is 37.8 cm³/mol. The summed E-state index contributed by atoms with van der Waals surface area (Å²) < 4.78 is 50.9. The van der Waals surface area contributed by atoms with Crippen LogP contribution in [0.3, 0.4) is 0 Å². The van der Waals surface area contributed by atoms with Crippen molar-refractivity contribution in [1.29, 1.82) is 0 Å². The molecule has 0 unspecified atom stereocenters. The van der Waals surface area contributed by atoms with Crippen LogP contribution in [0.4, 0.5) is 17.6 Å². The van der Waals surface area contributed by atoms with E-state index in [1.165, 1.54) is 0 Å². The van der Waals surface area contributed by atoms with Crippen molar-refractivity contribution in [2.24, 2.45) is 0 Å². The summed E-state index contributed by atoms with van der Waals surface area (Å²) in [6, 6.07) is 0.385. The molecule has 0 saturated heterocycles. The molecule has 0 saturated carbocycles. The van der Waals surface area contributed by atoms with Gasteiger partial charge in [0.25, 0.3) is 5.88 Å². The van der Waals surface area contributed by atoms with Gasteiger partial charge < -0.3 is 9.84 Å². The minimum Gasteiger partial charge on any atom is -0.478 e. The molecule has 0 atom stereocenters. The molecule has 0 spiro atoms. The Kier molecular flexibility index (Phi) is 2.78. The Labute approximate surface area is 80.1 Å².